The Balaban J connectivity index is 2.09. The Morgan fingerprint density at radius 3 is 1.05 bits per heavy atom. The lowest BCUT2D eigenvalue weighted by atomic mass is 9.99. The number of aliphatic hydroxyl groups excluding tert-OH is 5. The highest BCUT2D eigenvalue weighted by molar-refractivity contribution is 5.76. The SMILES string of the molecule is CCCCCCCCCCCCC/C=C/CC/C=C/CC/C=C/C(O)C(COC1OC(CO)C(O)C(O)C1O)NC(=O)CCCCCCCCCCCCCCCCCCCCCCCCCCCCCCCCCCCCCC. The van der Waals surface area contributed by atoms with Crippen molar-refractivity contribution in [2.75, 3.05) is 13.2 Å². The number of allylic oxidation sites excluding steroid dienone is 5. The zero-order chi connectivity index (χ0) is 57.9. The summed E-state index contributed by atoms with van der Waals surface area (Å²) < 4.78 is 11.3. The van der Waals surface area contributed by atoms with Crippen LogP contribution < -0.4 is 5.32 Å². The van der Waals surface area contributed by atoms with Gasteiger partial charge in [-0.15, -0.1) is 0 Å². The van der Waals surface area contributed by atoms with Gasteiger partial charge in [-0.1, -0.05) is 339 Å². The molecule has 6 N–H and O–H groups in total. The number of ether oxygens (including phenoxy) is 2. The lowest BCUT2D eigenvalue weighted by Crippen LogP contribution is -2.60. The number of nitrogens with one attached hydrogen (secondary N) is 1. The molecule has 0 aliphatic carbocycles. The summed E-state index contributed by atoms with van der Waals surface area (Å²) in [5, 5.41) is 54.7. The fourth-order valence-electron chi connectivity index (χ4n) is 11.4. The van der Waals surface area contributed by atoms with Crippen molar-refractivity contribution in [2.24, 2.45) is 0 Å². The molecule has 0 bridgehead atoms. The number of carbonyl (C=O) groups excluding carboxylic acids is 1. The molecule has 1 heterocycles. The van der Waals surface area contributed by atoms with E-state index >= 15 is 0 Å². The molecule has 80 heavy (non-hydrogen) atoms. The molecule has 1 aliphatic heterocycles. The number of aliphatic hydroxyl groups is 5. The quantitative estimate of drug-likeness (QED) is 0.0261. The van der Waals surface area contributed by atoms with Gasteiger partial charge in [0.2, 0.25) is 5.91 Å². The predicted octanol–water partition coefficient (Wildman–Crippen LogP) is 19.0. The monoisotopic (exact) mass is 1130 g/mol. The predicted molar refractivity (Wildman–Crippen MR) is 341 cm³/mol. The van der Waals surface area contributed by atoms with Gasteiger partial charge >= 0.3 is 0 Å². The average molecular weight is 1130 g/mol. The van der Waals surface area contributed by atoms with Gasteiger partial charge in [0.25, 0.3) is 0 Å². The maximum atomic E-state index is 13.1. The van der Waals surface area contributed by atoms with Crippen LogP contribution in [-0.2, 0) is 14.3 Å². The fraction of sp³-hybridized carbons (Fsp3) is 0.901. The third-order valence-corrected chi connectivity index (χ3v) is 16.9. The van der Waals surface area contributed by atoms with Crippen LogP contribution in [0.4, 0.5) is 0 Å². The molecule has 0 saturated carbocycles. The van der Waals surface area contributed by atoms with Gasteiger partial charge in [0.1, 0.15) is 24.4 Å². The number of hydrogen-bond donors (Lipinski definition) is 6. The van der Waals surface area contributed by atoms with E-state index in [2.05, 4.69) is 43.5 Å². The number of unbranched alkanes of at least 4 members (excludes halogenated alkanes) is 48. The summed E-state index contributed by atoms with van der Waals surface area (Å²) >= 11 is 0. The highest BCUT2D eigenvalue weighted by Gasteiger charge is 2.44. The van der Waals surface area contributed by atoms with Gasteiger partial charge in [0.15, 0.2) is 6.29 Å². The molecule has 7 unspecified atom stereocenters. The minimum absolute atomic E-state index is 0.184. The standard InChI is InChI=1S/C71H135NO8/c1-3-5-7-9-11-13-15-17-19-21-23-25-26-27-28-29-30-31-32-33-34-35-36-37-38-39-41-43-45-47-49-51-53-55-57-59-61-67(75)72-64(63-79-71-70(78)69(77)68(76)66(62-73)80-71)65(74)60-58-56-54-52-50-48-46-44-42-40-24-22-20-18-16-14-12-10-8-6-4-2/h42,44,50,52,58,60,64-66,68-71,73-74,76-78H,3-41,43,45-49,51,53-57,59,61-63H2,1-2H3,(H,72,75)/b44-42+,52-50+,60-58+. The summed E-state index contributed by atoms with van der Waals surface area (Å²) in [7, 11) is 0. The summed E-state index contributed by atoms with van der Waals surface area (Å²) in [5.41, 5.74) is 0. The van der Waals surface area contributed by atoms with Gasteiger partial charge in [-0.05, 0) is 44.9 Å². The second-order valence-electron chi connectivity index (χ2n) is 24.7. The molecular weight excluding hydrogens is 995 g/mol. The van der Waals surface area contributed by atoms with Crippen LogP contribution in [0.25, 0.3) is 0 Å². The third kappa shape index (κ3) is 48.7. The first-order valence-electron chi connectivity index (χ1n) is 35.2. The van der Waals surface area contributed by atoms with E-state index in [1.54, 1.807) is 6.08 Å². The van der Waals surface area contributed by atoms with Crippen molar-refractivity contribution in [3.05, 3.63) is 36.5 Å². The van der Waals surface area contributed by atoms with Crippen LogP contribution in [0.3, 0.4) is 0 Å². The lowest BCUT2D eigenvalue weighted by Gasteiger charge is -2.40. The lowest BCUT2D eigenvalue weighted by molar-refractivity contribution is -0.302. The van der Waals surface area contributed by atoms with Gasteiger partial charge in [0.05, 0.1) is 25.4 Å². The van der Waals surface area contributed by atoms with Crippen LogP contribution in [-0.4, -0.2) is 87.5 Å². The van der Waals surface area contributed by atoms with Crippen molar-refractivity contribution in [3.8, 4) is 0 Å². The Bertz CT molecular complexity index is 1360. The first-order valence-corrected chi connectivity index (χ1v) is 35.2. The average Bonchev–Trinajstić information content (AvgIpc) is 3.46. The summed E-state index contributed by atoms with van der Waals surface area (Å²) in [6, 6.07) is -0.827. The van der Waals surface area contributed by atoms with E-state index in [0.29, 0.717) is 6.42 Å². The van der Waals surface area contributed by atoms with Crippen LogP contribution in [0.5, 0.6) is 0 Å². The van der Waals surface area contributed by atoms with Crippen molar-refractivity contribution in [2.45, 2.75) is 397 Å². The first kappa shape index (κ1) is 76.4. The maximum absolute atomic E-state index is 13.1. The molecule has 1 amide bonds. The van der Waals surface area contributed by atoms with Gasteiger partial charge in [-0.2, -0.15) is 0 Å². The van der Waals surface area contributed by atoms with Crippen molar-refractivity contribution < 1.29 is 39.8 Å². The molecule has 1 aliphatic rings. The zero-order valence-electron chi connectivity index (χ0n) is 52.9. The molecule has 0 aromatic carbocycles. The smallest absolute Gasteiger partial charge is 0.220 e. The molecule has 0 aromatic heterocycles. The second-order valence-corrected chi connectivity index (χ2v) is 24.7. The number of hydrogen-bond acceptors (Lipinski definition) is 8. The minimum Gasteiger partial charge on any atom is -0.394 e. The molecule has 7 atom stereocenters. The second kappa shape index (κ2) is 60.5. The van der Waals surface area contributed by atoms with Gasteiger partial charge in [-0.3, -0.25) is 4.79 Å². The highest BCUT2D eigenvalue weighted by Crippen LogP contribution is 2.23. The molecular formula is C71H135NO8. The van der Waals surface area contributed by atoms with E-state index in [1.165, 1.54) is 289 Å². The van der Waals surface area contributed by atoms with E-state index in [4.69, 9.17) is 9.47 Å². The normalized spacial score (nSPS) is 18.6. The Kier molecular flexibility index (Phi) is 57.8. The van der Waals surface area contributed by atoms with Gasteiger partial charge in [0, 0.05) is 6.42 Å². The van der Waals surface area contributed by atoms with Crippen LogP contribution >= 0.6 is 0 Å². The largest absolute Gasteiger partial charge is 0.394 e. The Hall–Kier alpha value is -1.59. The highest BCUT2D eigenvalue weighted by atomic mass is 16.7. The molecule has 472 valence electrons. The van der Waals surface area contributed by atoms with Gasteiger partial charge in [-0.25, -0.2) is 0 Å². The Morgan fingerprint density at radius 2 is 0.713 bits per heavy atom. The summed E-state index contributed by atoms with van der Waals surface area (Å²) in [6.07, 6.45) is 74.1. The van der Waals surface area contributed by atoms with E-state index < -0.39 is 49.5 Å². The molecule has 1 saturated heterocycles. The van der Waals surface area contributed by atoms with Crippen LogP contribution in [0.15, 0.2) is 36.5 Å². The Morgan fingerprint density at radius 1 is 0.412 bits per heavy atom. The molecule has 0 aromatic rings. The number of carbonyl (C=O) groups is 1. The van der Waals surface area contributed by atoms with Crippen molar-refractivity contribution in [1.29, 1.82) is 0 Å². The number of amides is 1. The summed E-state index contributed by atoms with van der Waals surface area (Å²) in [6.45, 7) is 3.81. The maximum Gasteiger partial charge on any atom is 0.220 e. The molecule has 0 radical (unpaired) electrons. The van der Waals surface area contributed by atoms with E-state index in [0.717, 1.165) is 44.9 Å². The Labute approximate surface area is 495 Å². The zero-order valence-corrected chi connectivity index (χ0v) is 52.9. The van der Waals surface area contributed by atoms with E-state index in [9.17, 15) is 30.3 Å². The number of rotatable bonds is 62. The topological polar surface area (TPSA) is 149 Å². The van der Waals surface area contributed by atoms with Crippen molar-refractivity contribution in [1.82, 2.24) is 5.32 Å². The molecule has 9 heteroatoms. The van der Waals surface area contributed by atoms with E-state index in [1.807, 2.05) is 6.08 Å². The minimum atomic E-state index is -1.57. The fourth-order valence-corrected chi connectivity index (χ4v) is 11.4. The third-order valence-electron chi connectivity index (χ3n) is 16.9. The molecule has 1 rings (SSSR count). The van der Waals surface area contributed by atoms with Crippen LogP contribution in [0.2, 0.25) is 0 Å². The molecule has 0 spiro atoms. The van der Waals surface area contributed by atoms with Crippen LogP contribution in [0, 0.1) is 0 Å². The first-order chi connectivity index (χ1) is 39.3. The molecule has 9 nitrogen and oxygen atoms in total. The summed E-state index contributed by atoms with van der Waals surface area (Å²) in [4.78, 5) is 13.1. The van der Waals surface area contributed by atoms with Gasteiger partial charge < -0.3 is 40.3 Å². The van der Waals surface area contributed by atoms with E-state index in [-0.39, 0.29) is 12.5 Å². The van der Waals surface area contributed by atoms with Crippen molar-refractivity contribution in [3.63, 3.8) is 0 Å². The van der Waals surface area contributed by atoms with Crippen molar-refractivity contribution >= 4 is 5.91 Å². The van der Waals surface area contributed by atoms with Crippen LogP contribution in [0.1, 0.15) is 354 Å². The molecule has 1 fully saturated rings. The summed E-state index contributed by atoms with van der Waals surface area (Å²) in [5.74, 6) is -0.184.